The van der Waals surface area contributed by atoms with Crippen LogP contribution >= 0.6 is 27.3 Å². The SMILES string of the molecule is N#CCCn1c(=O)sc2cc(Br)ccc21. The number of hydrogen-bond donors (Lipinski definition) is 0. The summed E-state index contributed by atoms with van der Waals surface area (Å²) in [7, 11) is 0. The molecule has 0 saturated heterocycles. The third-order valence-electron chi connectivity index (χ3n) is 2.08. The molecule has 0 unspecified atom stereocenters. The summed E-state index contributed by atoms with van der Waals surface area (Å²) in [4.78, 5) is 11.6. The van der Waals surface area contributed by atoms with Gasteiger partial charge in [0.05, 0.1) is 22.7 Å². The van der Waals surface area contributed by atoms with Gasteiger partial charge in [-0.25, -0.2) is 0 Å². The predicted octanol–water partition coefficient (Wildman–Crippen LogP) is 2.74. The minimum atomic E-state index is -0.00153. The summed E-state index contributed by atoms with van der Waals surface area (Å²) < 4.78 is 3.56. The second-order valence-corrected chi connectivity index (χ2v) is 4.95. The van der Waals surface area contributed by atoms with Gasteiger partial charge in [0.25, 0.3) is 0 Å². The molecule has 0 aliphatic rings. The van der Waals surface area contributed by atoms with Gasteiger partial charge in [-0.05, 0) is 18.2 Å². The van der Waals surface area contributed by atoms with E-state index < -0.39 is 0 Å². The summed E-state index contributed by atoms with van der Waals surface area (Å²) in [6.07, 6.45) is 0.363. The average Bonchev–Trinajstić information content (AvgIpc) is 2.50. The molecule has 0 radical (unpaired) electrons. The van der Waals surface area contributed by atoms with Crippen molar-refractivity contribution in [2.24, 2.45) is 0 Å². The molecule has 2 aromatic rings. The van der Waals surface area contributed by atoms with Crippen molar-refractivity contribution in [1.29, 1.82) is 5.26 Å². The van der Waals surface area contributed by atoms with Crippen molar-refractivity contribution >= 4 is 37.5 Å². The summed E-state index contributed by atoms with van der Waals surface area (Å²) in [5.74, 6) is 0. The van der Waals surface area contributed by atoms with E-state index in [0.29, 0.717) is 13.0 Å². The number of benzene rings is 1. The van der Waals surface area contributed by atoms with Crippen LogP contribution in [0.4, 0.5) is 0 Å². The number of aryl methyl sites for hydroxylation is 1. The van der Waals surface area contributed by atoms with Gasteiger partial charge in [-0.2, -0.15) is 5.26 Å². The van der Waals surface area contributed by atoms with E-state index >= 15 is 0 Å². The van der Waals surface area contributed by atoms with Crippen molar-refractivity contribution in [2.45, 2.75) is 13.0 Å². The monoisotopic (exact) mass is 282 g/mol. The highest BCUT2D eigenvalue weighted by molar-refractivity contribution is 9.10. The first-order valence-corrected chi connectivity index (χ1v) is 5.99. The van der Waals surface area contributed by atoms with Crippen LogP contribution in [0.3, 0.4) is 0 Å². The topological polar surface area (TPSA) is 45.8 Å². The third kappa shape index (κ3) is 1.96. The van der Waals surface area contributed by atoms with E-state index in [2.05, 4.69) is 15.9 Å². The van der Waals surface area contributed by atoms with Crippen LogP contribution in [0.15, 0.2) is 27.5 Å². The first-order chi connectivity index (χ1) is 7.22. The highest BCUT2D eigenvalue weighted by atomic mass is 79.9. The normalized spacial score (nSPS) is 10.4. The number of halogens is 1. The fraction of sp³-hybridized carbons (Fsp3) is 0.200. The number of thiazole rings is 1. The molecule has 0 bridgehead atoms. The molecule has 5 heteroatoms. The highest BCUT2D eigenvalue weighted by Crippen LogP contribution is 2.22. The zero-order valence-corrected chi connectivity index (χ0v) is 10.1. The maximum absolute atomic E-state index is 11.6. The van der Waals surface area contributed by atoms with Gasteiger partial charge in [0.15, 0.2) is 0 Å². The molecule has 0 fully saturated rings. The minimum absolute atomic E-state index is 0.00153. The Labute approximate surface area is 98.7 Å². The van der Waals surface area contributed by atoms with Gasteiger partial charge >= 0.3 is 4.87 Å². The summed E-state index contributed by atoms with van der Waals surface area (Å²) in [6.45, 7) is 0.469. The smallest absolute Gasteiger partial charge is 0.298 e. The molecular formula is C10H7BrN2OS. The van der Waals surface area contributed by atoms with Crippen LogP contribution in [-0.4, -0.2) is 4.57 Å². The number of nitrogens with zero attached hydrogens (tertiary/aromatic N) is 2. The van der Waals surface area contributed by atoms with Crippen molar-refractivity contribution < 1.29 is 0 Å². The molecule has 2 rings (SSSR count). The maximum Gasteiger partial charge on any atom is 0.308 e. The van der Waals surface area contributed by atoms with Crippen LogP contribution in [0.2, 0.25) is 0 Å². The van der Waals surface area contributed by atoms with Gasteiger partial charge in [-0.3, -0.25) is 9.36 Å². The fourth-order valence-corrected chi connectivity index (χ4v) is 2.88. The van der Waals surface area contributed by atoms with E-state index in [9.17, 15) is 4.79 Å². The van der Waals surface area contributed by atoms with Gasteiger partial charge < -0.3 is 0 Å². The van der Waals surface area contributed by atoms with Crippen LogP contribution < -0.4 is 4.87 Å². The highest BCUT2D eigenvalue weighted by Gasteiger charge is 2.06. The lowest BCUT2D eigenvalue weighted by Crippen LogP contribution is -2.12. The van der Waals surface area contributed by atoms with E-state index in [0.717, 1.165) is 14.7 Å². The molecule has 0 aliphatic carbocycles. The molecule has 15 heavy (non-hydrogen) atoms. The Hall–Kier alpha value is -1.12. The summed E-state index contributed by atoms with van der Waals surface area (Å²) in [5, 5.41) is 8.50. The Morgan fingerprint density at radius 2 is 2.33 bits per heavy atom. The molecule has 3 nitrogen and oxygen atoms in total. The Bertz CT molecular complexity index is 593. The summed E-state index contributed by atoms with van der Waals surface area (Å²) >= 11 is 4.57. The zero-order valence-electron chi connectivity index (χ0n) is 7.74. The Kier molecular flexibility index (Phi) is 2.89. The quantitative estimate of drug-likeness (QED) is 0.850. The molecule has 0 amide bonds. The summed E-state index contributed by atoms with van der Waals surface area (Å²) in [5.41, 5.74) is 0.906. The van der Waals surface area contributed by atoms with E-state index in [1.165, 1.54) is 11.3 Å². The van der Waals surface area contributed by atoms with E-state index in [-0.39, 0.29) is 4.87 Å². The number of hydrogen-bond acceptors (Lipinski definition) is 3. The number of aromatic nitrogens is 1. The Balaban J connectivity index is 2.59. The lowest BCUT2D eigenvalue weighted by atomic mass is 10.3. The first kappa shape index (κ1) is 10.4. The second-order valence-electron chi connectivity index (χ2n) is 3.04. The second kappa shape index (κ2) is 4.17. The molecule has 0 atom stereocenters. The predicted molar refractivity (Wildman–Crippen MR) is 64.0 cm³/mol. The van der Waals surface area contributed by atoms with E-state index in [1.54, 1.807) is 4.57 Å². The van der Waals surface area contributed by atoms with Gasteiger partial charge in [-0.1, -0.05) is 27.3 Å². The van der Waals surface area contributed by atoms with E-state index in [1.807, 2.05) is 24.3 Å². The number of rotatable bonds is 2. The van der Waals surface area contributed by atoms with Gasteiger partial charge in [0.2, 0.25) is 0 Å². The summed E-state index contributed by atoms with van der Waals surface area (Å²) in [6, 6.07) is 7.76. The van der Waals surface area contributed by atoms with Gasteiger partial charge in [-0.15, -0.1) is 0 Å². The van der Waals surface area contributed by atoms with Crippen LogP contribution in [0.1, 0.15) is 6.42 Å². The van der Waals surface area contributed by atoms with Crippen molar-refractivity contribution in [1.82, 2.24) is 4.57 Å². The molecule has 0 aliphatic heterocycles. The standard InChI is InChI=1S/C10H7BrN2OS/c11-7-2-3-8-9(6-7)15-10(14)13(8)5-1-4-12/h2-3,6H,1,5H2. The lowest BCUT2D eigenvalue weighted by molar-refractivity contribution is 0.729. The minimum Gasteiger partial charge on any atom is -0.298 e. The van der Waals surface area contributed by atoms with Crippen molar-refractivity contribution in [2.75, 3.05) is 0 Å². The van der Waals surface area contributed by atoms with Crippen molar-refractivity contribution in [3.8, 4) is 6.07 Å². The van der Waals surface area contributed by atoms with Crippen LogP contribution in [0.25, 0.3) is 10.2 Å². The van der Waals surface area contributed by atoms with Gasteiger partial charge in [0, 0.05) is 11.0 Å². The Morgan fingerprint density at radius 1 is 1.53 bits per heavy atom. The zero-order chi connectivity index (χ0) is 10.8. The Morgan fingerprint density at radius 3 is 3.07 bits per heavy atom. The fourth-order valence-electron chi connectivity index (χ4n) is 1.41. The molecule has 0 spiro atoms. The number of fused-ring (bicyclic) bond motifs is 1. The number of nitriles is 1. The van der Waals surface area contributed by atoms with Crippen molar-refractivity contribution in [3.63, 3.8) is 0 Å². The third-order valence-corrected chi connectivity index (χ3v) is 3.51. The van der Waals surface area contributed by atoms with E-state index in [4.69, 9.17) is 5.26 Å². The lowest BCUT2D eigenvalue weighted by Gasteiger charge is -1.99. The molecule has 0 saturated carbocycles. The molecular weight excluding hydrogens is 276 g/mol. The van der Waals surface area contributed by atoms with Gasteiger partial charge in [0.1, 0.15) is 0 Å². The molecule has 1 aromatic carbocycles. The van der Waals surface area contributed by atoms with Crippen LogP contribution in [0, 0.1) is 11.3 Å². The van der Waals surface area contributed by atoms with Crippen LogP contribution in [0.5, 0.6) is 0 Å². The molecule has 1 aromatic heterocycles. The van der Waals surface area contributed by atoms with Crippen LogP contribution in [-0.2, 0) is 6.54 Å². The molecule has 1 heterocycles. The maximum atomic E-state index is 11.6. The van der Waals surface area contributed by atoms with Crippen molar-refractivity contribution in [3.05, 3.63) is 32.3 Å². The molecule has 0 N–H and O–H groups in total. The first-order valence-electron chi connectivity index (χ1n) is 4.38. The largest absolute Gasteiger partial charge is 0.308 e. The molecule has 76 valence electrons. The average molecular weight is 283 g/mol.